The lowest BCUT2D eigenvalue weighted by molar-refractivity contribution is 0.151. The average Bonchev–Trinajstić information content (AvgIpc) is 2.58. The lowest BCUT2D eigenvalue weighted by atomic mass is 10.0. The number of halogens is 2. The molecule has 15 heavy (non-hydrogen) atoms. The van der Waals surface area contributed by atoms with Crippen molar-refractivity contribution in [2.75, 3.05) is 0 Å². The van der Waals surface area contributed by atoms with E-state index in [0.29, 0.717) is 29.4 Å². The van der Waals surface area contributed by atoms with E-state index in [0.717, 1.165) is 0 Å². The van der Waals surface area contributed by atoms with Crippen LogP contribution in [-0.4, -0.2) is 15.8 Å². The predicted molar refractivity (Wildman–Crippen MR) is 51.6 cm³/mol. The number of aliphatic hydroxyl groups is 1. The molecule has 3 rings (SSSR count). The molecule has 1 aromatic carbocycles. The van der Waals surface area contributed by atoms with Gasteiger partial charge in [-0.2, -0.15) is 0 Å². The Balaban J connectivity index is 2.41. The highest BCUT2D eigenvalue weighted by molar-refractivity contribution is 5.84. The van der Waals surface area contributed by atoms with Gasteiger partial charge in [0.2, 0.25) is 0 Å². The highest BCUT2D eigenvalue weighted by Gasteiger charge is 2.22. The number of aliphatic hydroxyl groups excluding tert-OH is 1. The fourth-order valence-electron chi connectivity index (χ4n) is 2.27. The van der Waals surface area contributed by atoms with E-state index >= 15 is 0 Å². The maximum absolute atomic E-state index is 13.4. The normalized spacial score (nSPS) is 19.8. The Morgan fingerprint density at radius 1 is 1.40 bits per heavy atom. The van der Waals surface area contributed by atoms with Gasteiger partial charge in [0.05, 0.1) is 11.6 Å². The minimum atomic E-state index is -0.843. The Labute approximate surface area is 84.7 Å². The second-order valence-corrected chi connectivity index (χ2v) is 3.92. The van der Waals surface area contributed by atoms with Crippen molar-refractivity contribution < 1.29 is 13.9 Å². The Morgan fingerprint density at radius 2 is 2.20 bits per heavy atom. The lowest BCUT2D eigenvalue weighted by Gasteiger charge is -2.20. The first-order valence-electron chi connectivity index (χ1n) is 4.80. The molecule has 1 N–H and O–H groups in total. The van der Waals surface area contributed by atoms with Crippen LogP contribution in [0.1, 0.15) is 5.56 Å². The molecule has 0 saturated carbocycles. The van der Waals surface area contributed by atoms with Crippen molar-refractivity contribution in [3.05, 3.63) is 35.5 Å². The zero-order chi connectivity index (χ0) is 10.6. The summed E-state index contributed by atoms with van der Waals surface area (Å²) in [6.07, 6.45) is 1.55. The van der Waals surface area contributed by atoms with Gasteiger partial charge in [-0.25, -0.2) is 8.78 Å². The summed E-state index contributed by atoms with van der Waals surface area (Å²) in [5.74, 6) is -1.65. The Hall–Kier alpha value is -1.42. The quantitative estimate of drug-likeness (QED) is 0.703. The molecule has 1 unspecified atom stereocenters. The van der Waals surface area contributed by atoms with Crippen LogP contribution in [0.25, 0.3) is 10.9 Å². The van der Waals surface area contributed by atoms with Crippen LogP contribution in [0.5, 0.6) is 0 Å². The van der Waals surface area contributed by atoms with E-state index in [9.17, 15) is 13.9 Å². The van der Waals surface area contributed by atoms with Gasteiger partial charge in [0, 0.05) is 24.5 Å². The van der Waals surface area contributed by atoms with E-state index in [1.54, 1.807) is 16.8 Å². The van der Waals surface area contributed by atoms with E-state index in [2.05, 4.69) is 0 Å². The van der Waals surface area contributed by atoms with Gasteiger partial charge in [0.1, 0.15) is 0 Å². The molecule has 2 aromatic rings. The van der Waals surface area contributed by atoms with Crippen LogP contribution >= 0.6 is 0 Å². The zero-order valence-corrected chi connectivity index (χ0v) is 7.87. The summed E-state index contributed by atoms with van der Waals surface area (Å²) in [6.45, 7) is 0.446. The summed E-state index contributed by atoms with van der Waals surface area (Å²) >= 11 is 0. The second kappa shape index (κ2) is 2.79. The van der Waals surface area contributed by atoms with Crippen molar-refractivity contribution in [3.63, 3.8) is 0 Å². The van der Waals surface area contributed by atoms with Crippen LogP contribution < -0.4 is 0 Å². The molecular formula is C11H9F2NO. The maximum atomic E-state index is 13.4. The predicted octanol–water partition coefficient (Wildman–Crippen LogP) is 1.84. The first-order valence-corrected chi connectivity index (χ1v) is 4.80. The summed E-state index contributed by atoms with van der Waals surface area (Å²) < 4.78 is 28.4. The molecule has 1 atom stereocenters. The largest absolute Gasteiger partial charge is 0.391 e. The summed E-state index contributed by atoms with van der Waals surface area (Å²) in [5.41, 5.74) is 1.38. The van der Waals surface area contributed by atoms with Gasteiger partial charge in [-0.1, -0.05) is 0 Å². The minimum Gasteiger partial charge on any atom is -0.391 e. The third-order valence-corrected chi connectivity index (χ3v) is 2.88. The fourth-order valence-corrected chi connectivity index (χ4v) is 2.27. The van der Waals surface area contributed by atoms with E-state index < -0.39 is 17.7 Å². The van der Waals surface area contributed by atoms with Crippen molar-refractivity contribution in [3.8, 4) is 0 Å². The third kappa shape index (κ3) is 1.11. The first-order chi connectivity index (χ1) is 7.16. The van der Waals surface area contributed by atoms with Crippen LogP contribution in [-0.2, 0) is 13.0 Å². The van der Waals surface area contributed by atoms with Crippen molar-refractivity contribution in [1.29, 1.82) is 0 Å². The molecule has 78 valence electrons. The SMILES string of the molecule is OC1Cc2cc(F)c(F)c3ccn(c23)C1. The van der Waals surface area contributed by atoms with Crippen LogP contribution in [0, 0.1) is 11.6 Å². The summed E-state index contributed by atoms with van der Waals surface area (Å²) in [4.78, 5) is 0. The van der Waals surface area contributed by atoms with Gasteiger partial charge in [0.15, 0.2) is 11.6 Å². The topological polar surface area (TPSA) is 25.2 Å². The second-order valence-electron chi connectivity index (χ2n) is 3.92. The Morgan fingerprint density at radius 3 is 3.00 bits per heavy atom. The first kappa shape index (κ1) is 8.85. The van der Waals surface area contributed by atoms with E-state index in [-0.39, 0.29) is 0 Å². The van der Waals surface area contributed by atoms with Crippen LogP contribution in [0.4, 0.5) is 8.78 Å². The van der Waals surface area contributed by atoms with Crippen molar-refractivity contribution >= 4 is 10.9 Å². The Kier molecular flexibility index (Phi) is 1.65. The van der Waals surface area contributed by atoms with Gasteiger partial charge in [-0.3, -0.25) is 0 Å². The number of hydrogen-bond donors (Lipinski definition) is 1. The highest BCUT2D eigenvalue weighted by Crippen LogP contribution is 2.29. The summed E-state index contributed by atoms with van der Waals surface area (Å²) in [7, 11) is 0. The van der Waals surface area contributed by atoms with E-state index in [4.69, 9.17) is 0 Å². The summed E-state index contributed by atoms with van der Waals surface area (Å²) in [5, 5.41) is 9.85. The molecule has 2 nitrogen and oxygen atoms in total. The number of rotatable bonds is 0. The van der Waals surface area contributed by atoms with Gasteiger partial charge in [0.25, 0.3) is 0 Å². The molecule has 0 bridgehead atoms. The molecule has 0 saturated heterocycles. The number of nitrogens with zero attached hydrogens (tertiary/aromatic N) is 1. The molecule has 0 fully saturated rings. The van der Waals surface area contributed by atoms with Crippen LogP contribution in [0.3, 0.4) is 0 Å². The highest BCUT2D eigenvalue weighted by atomic mass is 19.2. The van der Waals surface area contributed by atoms with Crippen molar-refractivity contribution in [2.45, 2.75) is 19.1 Å². The van der Waals surface area contributed by atoms with Gasteiger partial charge in [-0.15, -0.1) is 0 Å². The molecule has 4 heteroatoms. The van der Waals surface area contributed by atoms with Gasteiger partial charge >= 0.3 is 0 Å². The van der Waals surface area contributed by atoms with E-state index in [1.807, 2.05) is 0 Å². The molecule has 0 radical (unpaired) electrons. The van der Waals surface area contributed by atoms with Crippen LogP contribution in [0.2, 0.25) is 0 Å². The molecule has 0 amide bonds. The number of aromatic nitrogens is 1. The molecule has 1 aromatic heterocycles. The molecule has 1 aliphatic rings. The molecule has 0 aliphatic carbocycles. The average molecular weight is 209 g/mol. The van der Waals surface area contributed by atoms with Crippen LogP contribution in [0.15, 0.2) is 18.3 Å². The standard InChI is InChI=1S/C11H9F2NO/c12-9-4-6-3-7(15)5-14-2-1-8(10(9)13)11(6)14/h1-2,4,7,15H,3,5H2. The number of benzene rings is 1. The van der Waals surface area contributed by atoms with Crippen molar-refractivity contribution in [1.82, 2.24) is 4.57 Å². The fraction of sp³-hybridized carbons (Fsp3) is 0.273. The van der Waals surface area contributed by atoms with Crippen molar-refractivity contribution in [2.24, 2.45) is 0 Å². The molecular weight excluding hydrogens is 200 g/mol. The molecule has 1 aliphatic heterocycles. The molecule has 2 heterocycles. The van der Waals surface area contributed by atoms with E-state index in [1.165, 1.54) is 6.07 Å². The number of hydrogen-bond acceptors (Lipinski definition) is 1. The van der Waals surface area contributed by atoms with Gasteiger partial charge < -0.3 is 9.67 Å². The monoisotopic (exact) mass is 209 g/mol. The minimum absolute atomic E-state index is 0.303. The zero-order valence-electron chi connectivity index (χ0n) is 7.87. The molecule has 0 spiro atoms. The summed E-state index contributed by atoms with van der Waals surface area (Å²) in [6, 6.07) is 2.73. The maximum Gasteiger partial charge on any atom is 0.168 e. The third-order valence-electron chi connectivity index (χ3n) is 2.88. The smallest absolute Gasteiger partial charge is 0.168 e. The lowest BCUT2D eigenvalue weighted by Crippen LogP contribution is -2.23. The van der Waals surface area contributed by atoms with Gasteiger partial charge in [-0.05, 0) is 17.7 Å². The Bertz CT molecular complexity index is 547.